The molecule has 2 rings (SSSR count). The highest BCUT2D eigenvalue weighted by molar-refractivity contribution is 6.18. The van der Waals surface area contributed by atoms with Crippen molar-refractivity contribution in [3.63, 3.8) is 0 Å². The van der Waals surface area contributed by atoms with E-state index in [2.05, 4.69) is 20.8 Å². The van der Waals surface area contributed by atoms with Crippen molar-refractivity contribution in [3.8, 4) is 0 Å². The van der Waals surface area contributed by atoms with Crippen LogP contribution in [-0.2, 0) is 4.74 Å². The van der Waals surface area contributed by atoms with Crippen LogP contribution in [0.5, 0.6) is 0 Å². The average molecular weight is 203 g/mol. The highest BCUT2D eigenvalue weighted by Crippen LogP contribution is 2.75. The van der Waals surface area contributed by atoms with Crippen molar-refractivity contribution in [2.45, 2.75) is 27.2 Å². The molecular weight excluding hydrogens is 184 g/mol. The van der Waals surface area contributed by atoms with Gasteiger partial charge in [0.05, 0.1) is 0 Å². The van der Waals surface area contributed by atoms with E-state index in [0.29, 0.717) is 22.7 Å². The zero-order chi connectivity index (χ0) is 9.69. The molecule has 0 aromatic heterocycles. The summed E-state index contributed by atoms with van der Waals surface area (Å²) in [6.45, 7) is 8.90. The molecule has 0 amide bonds. The zero-order valence-electron chi connectivity index (χ0n) is 8.77. The lowest BCUT2D eigenvalue weighted by Gasteiger charge is -2.32. The van der Waals surface area contributed by atoms with Crippen LogP contribution in [0.2, 0.25) is 0 Å². The lowest BCUT2D eigenvalue weighted by atomic mass is 9.80. The summed E-state index contributed by atoms with van der Waals surface area (Å²) < 4.78 is 5.50. The van der Waals surface area contributed by atoms with Gasteiger partial charge >= 0.3 is 0 Å². The second-order valence-corrected chi connectivity index (χ2v) is 5.50. The van der Waals surface area contributed by atoms with Gasteiger partial charge in [0.15, 0.2) is 0 Å². The molecule has 13 heavy (non-hydrogen) atoms. The second-order valence-electron chi connectivity index (χ2n) is 5.19. The van der Waals surface area contributed by atoms with E-state index in [1.165, 1.54) is 6.42 Å². The Morgan fingerprint density at radius 2 is 2.15 bits per heavy atom. The normalized spacial score (nSPS) is 48.0. The van der Waals surface area contributed by atoms with Gasteiger partial charge in [0.25, 0.3) is 0 Å². The molecule has 2 aliphatic rings. The molecule has 1 saturated carbocycles. The summed E-state index contributed by atoms with van der Waals surface area (Å²) in [5.41, 5.74) is 0.935. The van der Waals surface area contributed by atoms with E-state index in [9.17, 15) is 0 Å². The highest BCUT2D eigenvalue weighted by Gasteiger charge is 2.72. The van der Waals surface area contributed by atoms with Crippen LogP contribution in [0.25, 0.3) is 0 Å². The molecule has 2 heteroatoms. The first-order valence-corrected chi connectivity index (χ1v) is 5.74. The molecule has 1 heterocycles. The molecule has 1 aliphatic carbocycles. The summed E-state index contributed by atoms with van der Waals surface area (Å²) in [6, 6.07) is 0. The lowest BCUT2D eigenvalue weighted by molar-refractivity contribution is -0.00384. The van der Waals surface area contributed by atoms with Gasteiger partial charge in [0.1, 0.15) is 0 Å². The van der Waals surface area contributed by atoms with E-state index in [-0.39, 0.29) is 0 Å². The van der Waals surface area contributed by atoms with E-state index in [4.69, 9.17) is 16.3 Å². The SMILES string of the molecule is CC1COCCC12C(CCl)C2(C)C. The maximum atomic E-state index is 6.03. The van der Waals surface area contributed by atoms with Gasteiger partial charge in [-0.25, -0.2) is 0 Å². The fraction of sp³-hybridized carbons (Fsp3) is 1.00. The standard InChI is InChI=1S/C11H19ClO/c1-8-7-13-5-4-11(8)9(6-12)10(11,2)3/h8-9H,4-7H2,1-3H3. The molecule has 2 fully saturated rings. The Morgan fingerprint density at radius 1 is 1.46 bits per heavy atom. The fourth-order valence-corrected chi connectivity index (χ4v) is 4.36. The van der Waals surface area contributed by atoms with Crippen molar-refractivity contribution >= 4 is 11.6 Å². The van der Waals surface area contributed by atoms with E-state index in [1.807, 2.05) is 0 Å². The zero-order valence-corrected chi connectivity index (χ0v) is 9.53. The van der Waals surface area contributed by atoms with Gasteiger partial charge in [-0.2, -0.15) is 0 Å². The third kappa shape index (κ3) is 1.04. The third-order valence-electron chi connectivity index (χ3n) is 4.67. The van der Waals surface area contributed by atoms with Crippen LogP contribution in [0.4, 0.5) is 0 Å². The molecule has 0 radical (unpaired) electrons. The van der Waals surface area contributed by atoms with Crippen molar-refractivity contribution < 1.29 is 4.74 Å². The van der Waals surface area contributed by atoms with Crippen molar-refractivity contribution in [1.82, 2.24) is 0 Å². The summed E-state index contributed by atoms with van der Waals surface area (Å²) in [5.74, 6) is 2.21. The molecule has 0 aromatic carbocycles. The Morgan fingerprint density at radius 3 is 2.62 bits per heavy atom. The molecule has 3 atom stereocenters. The minimum Gasteiger partial charge on any atom is -0.381 e. The Hall–Kier alpha value is 0.250. The summed E-state index contributed by atoms with van der Waals surface area (Å²) in [7, 11) is 0. The fourth-order valence-electron chi connectivity index (χ4n) is 3.70. The predicted octanol–water partition coefficient (Wildman–Crippen LogP) is 2.92. The van der Waals surface area contributed by atoms with Crippen LogP contribution < -0.4 is 0 Å². The highest BCUT2D eigenvalue weighted by atomic mass is 35.5. The number of hydrogen-bond acceptors (Lipinski definition) is 1. The van der Waals surface area contributed by atoms with Crippen LogP contribution in [0, 0.1) is 22.7 Å². The molecule has 76 valence electrons. The average Bonchev–Trinajstić information content (AvgIpc) is 2.55. The number of ether oxygens (including phenoxy) is 1. The van der Waals surface area contributed by atoms with Crippen molar-refractivity contribution in [3.05, 3.63) is 0 Å². The number of hydrogen-bond donors (Lipinski definition) is 0. The van der Waals surface area contributed by atoms with Gasteiger partial charge < -0.3 is 4.74 Å². The summed E-state index contributed by atoms with van der Waals surface area (Å²) >= 11 is 6.03. The van der Waals surface area contributed by atoms with Crippen molar-refractivity contribution in [1.29, 1.82) is 0 Å². The smallest absolute Gasteiger partial charge is 0.0497 e. The lowest BCUT2D eigenvalue weighted by Crippen LogP contribution is -2.31. The molecule has 1 saturated heterocycles. The molecule has 3 unspecified atom stereocenters. The first-order chi connectivity index (χ1) is 6.07. The Bertz CT molecular complexity index is 214. The molecular formula is C11H19ClO. The number of rotatable bonds is 1. The Kier molecular flexibility index (Phi) is 2.16. The van der Waals surface area contributed by atoms with Crippen LogP contribution in [0.15, 0.2) is 0 Å². The number of alkyl halides is 1. The van der Waals surface area contributed by atoms with Gasteiger partial charge in [-0.15, -0.1) is 11.6 Å². The van der Waals surface area contributed by atoms with Gasteiger partial charge in [-0.05, 0) is 29.1 Å². The maximum absolute atomic E-state index is 6.03. The summed E-state index contributed by atoms with van der Waals surface area (Å²) in [4.78, 5) is 0. The first kappa shape index (κ1) is 9.79. The monoisotopic (exact) mass is 202 g/mol. The molecule has 0 aromatic rings. The Balaban J connectivity index is 2.21. The van der Waals surface area contributed by atoms with Crippen molar-refractivity contribution in [2.24, 2.45) is 22.7 Å². The summed E-state index contributed by atoms with van der Waals surface area (Å²) in [6.07, 6.45) is 1.21. The predicted molar refractivity (Wildman–Crippen MR) is 55.0 cm³/mol. The van der Waals surface area contributed by atoms with Gasteiger partial charge in [0, 0.05) is 19.1 Å². The molecule has 1 aliphatic heterocycles. The van der Waals surface area contributed by atoms with Gasteiger partial charge in [-0.1, -0.05) is 20.8 Å². The molecule has 1 spiro atoms. The van der Waals surface area contributed by atoms with E-state index in [0.717, 1.165) is 19.1 Å². The largest absolute Gasteiger partial charge is 0.381 e. The summed E-state index contributed by atoms with van der Waals surface area (Å²) in [5, 5.41) is 0. The van der Waals surface area contributed by atoms with Crippen LogP contribution in [0.1, 0.15) is 27.2 Å². The molecule has 1 nitrogen and oxygen atoms in total. The molecule has 0 N–H and O–H groups in total. The van der Waals surface area contributed by atoms with Crippen LogP contribution in [0.3, 0.4) is 0 Å². The second kappa shape index (κ2) is 2.87. The van der Waals surface area contributed by atoms with Crippen molar-refractivity contribution in [2.75, 3.05) is 19.1 Å². The topological polar surface area (TPSA) is 9.23 Å². The quantitative estimate of drug-likeness (QED) is 0.595. The third-order valence-corrected chi connectivity index (χ3v) is 4.98. The number of halogens is 1. The van der Waals surface area contributed by atoms with Gasteiger partial charge in [0.2, 0.25) is 0 Å². The Labute approximate surface area is 85.8 Å². The molecule has 0 bridgehead atoms. The maximum Gasteiger partial charge on any atom is 0.0497 e. The van der Waals surface area contributed by atoms with Gasteiger partial charge in [-0.3, -0.25) is 0 Å². The van der Waals surface area contributed by atoms with Crippen LogP contribution >= 0.6 is 11.6 Å². The first-order valence-electron chi connectivity index (χ1n) is 5.21. The van der Waals surface area contributed by atoms with E-state index in [1.54, 1.807) is 0 Å². The van der Waals surface area contributed by atoms with E-state index >= 15 is 0 Å². The minimum absolute atomic E-state index is 0.442. The van der Waals surface area contributed by atoms with E-state index < -0.39 is 0 Å². The van der Waals surface area contributed by atoms with Crippen LogP contribution in [-0.4, -0.2) is 19.1 Å². The minimum atomic E-state index is 0.442.